The van der Waals surface area contributed by atoms with Gasteiger partial charge in [0.2, 0.25) is 0 Å². The van der Waals surface area contributed by atoms with E-state index in [0.29, 0.717) is 5.92 Å². The normalized spacial score (nSPS) is 19.3. The van der Waals surface area contributed by atoms with Gasteiger partial charge in [-0.1, -0.05) is 32.0 Å². The zero-order valence-corrected chi connectivity index (χ0v) is 17.5. The molecule has 0 amide bonds. The third-order valence-corrected chi connectivity index (χ3v) is 5.76. The van der Waals surface area contributed by atoms with E-state index in [-0.39, 0.29) is 12.1 Å². The number of rotatable bonds is 4. The van der Waals surface area contributed by atoms with Gasteiger partial charge in [0.25, 0.3) is 0 Å². The number of hydrogen-bond donors (Lipinski definition) is 2. The van der Waals surface area contributed by atoms with Gasteiger partial charge in [0.05, 0.1) is 17.8 Å². The smallest absolute Gasteiger partial charge is 0.174 e. The number of H-pyrrole nitrogens is 1. The topological polar surface area (TPSA) is 44.0 Å². The summed E-state index contributed by atoms with van der Waals surface area (Å²) in [5.74, 6) is 0.504. The monoisotopic (exact) mass is 390 g/mol. The van der Waals surface area contributed by atoms with Crippen LogP contribution in [-0.2, 0) is 0 Å². The molecule has 1 aliphatic heterocycles. The first-order valence-electron chi connectivity index (χ1n) is 9.72. The molecule has 0 bridgehead atoms. The van der Waals surface area contributed by atoms with E-state index in [9.17, 15) is 0 Å². The molecule has 1 fully saturated rings. The molecule has 3 heterocycles. The highest BCUT2D eigenvalue weighted by molar-refractivity contribution is 7.80. The van der Waals surface area contributed by atoms with Crippen molar-refractivity contribution in [1.29, 1.82) is 0 Å². The van der Waals surface area contributed by atoms with Crippen LogP contribution in [0.25, 0.3) is 0 Å². The lowest BCUT2D eigenvalue weighted by atomic mass is 9.96. The molecule has 0 unspecified atom stereocenters. The second kappa shape index (κ2) is 7.40. The Kier molecular flexibility index (Phi) is 4.94. The lowest BCUT2D eigenvalue weighted by molar-refractivity contribution is 0.566. The van der Waals surface area contributed by atoms with Crippen molar-refractivity contribution in [2.75, 3.05) is 4.90 Å². The molecule has 2 N–H and O–H groups in total. The number of nitrogens with one attached hydrogen (secondary N) is 2. The molecule has 4 nitrogen and oxygen atoms in total. The van der Waals surface area contributed by atoms with Crippen molar-refractivity contribution in [2.24, 2.45) is 0 Å². The third kappa shape index (κ3) is 3.31. The van der Waals surface area contributed by atoms with Crippen LogP contribution in [0, 0.1) is 13.8 Å². The van der Waals surface area contributed by atoms with E-state index >= 15 is 0 Å². The molecule has 3 aromatic rings. The minimum Gasteiger partial charge on any atom is -0.362 e. The fourth-order valence-corrected chi connectivity index (χ4v) is 4.37. The van der Waals surface area contributed by atoms with Gasteiger partial charge in [0.1, 0.15) is 0 Å². The fourth-order valence-electron chi connectivity index (χ4n) is 4.02. The summed E-state index contributed by atoms with van der Waals surface area (Å²) in [6.07, 6.45) is 1.84. The van der Waals surface area contributed by atoms with E-state index in [1.807, 2.05) is 18.3 Å². The first kappa shape index (κ1) is 18.7. The number of thiocarbonyl (C=S) groups is 1. The molecule has 0 radical (unpaired) electrons. The number of aromatic amines is 1. The second-order valence-electron chi connectivity index (χ2n) is 7.78. The number of hydrogen-bond acceptors (Lipinski definition) is 2. The van der Waals surface area contributed by atoms with Crippen LogP contribution in [0.5, 0.6) is 0 Å². The molecule has 0 saturated carbocycles. The van der Waals surface area contributed by atoms with Gasteiger partial charge in [-0.05, 0) is 73.4 Å². The van der Waals surface area contributed by atoms with Crippen LogP contribution in [-0.4, -0.2) is 15.1 Å². The Labute approximate surface area is 172 Å². The van der Waals surface area contributed by atoms with E-state index in [1.54, 1.807) is 0 Å². The Morgan fingerprint density at radius 3 is 2.39 bits per heavy atom. The Bertz CT molecular complexity index is 976. The lowest BCUT2D eigenvalue weighted by Gasteiger charge is -2.28. The van der Waals surface area contributed by atoms with Crippen molar-refractivity contribution in [3.05, 3.63) is 82.9 Å². The quantitative estimate of drug-likeness (QED) is 0.591. The summed E-state index contributed by atoms with van der Waals surface area (Å²) in [5, 5.41) is 4.25. The van der Waals surface area contributed by atoms with Gasteiger partial charge < -0.3 is 15.2 Å². The van der Waals surface area contributed by atoms with Gasteiger partial charge in [-0.2, -0.15) is 0 Å². The summed E-state index contributed by atoms with van der Waals surface area (Å²) < 4.78 is 0. The van der Waals surface area contributed by atoms with Gasteiger partial charge in [-0.25, -0.2) is 0 Å². The largest absolute Gasteiger partial charge is 0.362 e. The molecular formula is C23H26N4S. The van der Waals surface area contributed by atoms with E-state index in [0.717, 1.165) is 22.2 Å². The average molecular weight is 391 g/mol. The highest BCUT2D eigenvalue weighted by Crippen LogP contribution is 2.42. The maximum Gasteiger partial charge on any atom is 0.174 e. The number of anilines is 1. The van der Waals surface area contributed by atoms with Crippen LogP contribution >= 0.6 is 12.2 Å². The minimum atomic E-state index is -0.00706. The molecule has 0 spiro atoms. The third-order valence-electron chi connectivity index (χ3n) is 5.44. The predicted octanol–water partition coefficient (Wildman–Crippen LogP) is 5.33. The Hall–Kier alpha value is -2.66. The first-order valence-corrected chi connectivity index (χ1v) is 10.1. The summed E-state index contributed by atoms with van der Waals surface area (Å²) >= 11 is 5.79. The number of aromatic nitrogens is 2. The van der Waals surface area contributed by atoms with E-state index < -0.39 is 0 Å². The van der Waals surface area contributed by atoms with Crippen molar-refractivity contribution in [2.45, 2.75) is 45.7 Å². The summed E-state index contributed by atoms with van der Waals surface area (Å²) in [5.41, 5.74) is 6.98. The number of benzene rings is 1. The summed E-state index contributed by atoms with van der Waals surface area (Å²) in [7, 11) is 0. The van der Waals surface area contributed by atoms with Gasteiger partial charge >= 0.3 is 0 Å². The van der Waals surface area contributed by atoms with Crippen molar-refractivity contribution >= 4 is 23.0 Å². The maximum atomic E-state index is 5.79. The van der Waals surface area contributed by atoms with Crippen molar-refractivity contribution in [3.8, 4) is 0 Å². The SMILES string of the molecule is Cc1cc([C@@H]2[C@H](c3ccccn3)NC(=S)N2c2ccc(C(C)C)cc2)c(C)[nH]1. The zero-order chi connectivity index (χ0) is 19.8. The molecule has 1 aliphatic rings. The summed E-state index contributed by atoms with van der Waals surface area (Å²) in [6.45, 7) is 8.64. The minimum absolute atomic E-state index is 0.00706. The van der Waals surface area contributed by atoms with Crippen molar-refractivity contribution in [1.82, 2.24) is 15.3 Å². The zero-order valence-electron chi connectivity index (χ0n) is 16.7. The predicted molar refractivity (Wildman–Crippen MR) is 119 cm³/mol. The molecule has 28 heavy (non-hydrogen) atoms. The highest BCUT2D eigenvalue weighted by atomic mass is 32.1. The Balaban J connectivity index is 1.81. The number of pyridine rings is 1. The molecule has 2 aromatic heterocycles. The molecule has 1 saturated heterocycles. The molecule has 144 valence electrons. The highest BCUT2D eigenvalue weighted by Gasteiger charge is 2.41. The van der Waals surface area contributed by atoms with Gasteiger partial charge in [-0.3, -0.25) is 4.98 Å². The molecular weight excluding hydrogens is 364 g/mol. The van der Waals surface area contributed by atoms with Crippen molar-refractivity contribution in [3.63, 3.8) is 0 Å². The van der Waals surface area contributed by atoms with Gasteiger partial charge in [0.15, 0.2) is 5.11 Å². The van der Waals surface area contributed by atoms with Crippen molar-refractivity contribution < 1.29 is 0 Å². The van der Waals surface area contributed by atoms with Crippen LogP contribution in [0.4, 0.5) is 5.69 Å². The second-order valence-corrected chi connectivity index (χ2v) is 8.16. The van der Waals surface area contributed by atoms with Gasteiger partial charge in [-0.15, -0.1) is 0 Å². The Morgan fingerprint density at radius 1 is 1.07 bits per heavy atom. The molecule has 2 atom stereocenters. The van der Waals surface area contributed by atoms with E-state index in [2.05, 4.69) is 84.3 Å². The Morgan fingerprint density at radius 2 is 1.82 bits per heavy atom. The average Bonchev–Trinajstić information content (AvgIpc) is 3.20. The standard InChI is InChI=1S/C23H26N4S/c1-14(2)17-8-10-18(11-9-17)27-22(19-13-15(3)25-16(19)4)21(26-23(27)28)20-7-5-6-12-24-20/h5-14,21-22,25H,1-4H3,(H,26,28)/t21-,22+/m0/s1. The summed E-state index contributed by atoms with van der Waals surface area (Å²) in [4.78, 5) is 10.3. The molecule has 4 rings (SSSR count). The van der Waals surface area contributed by atoms with E-state index in [1.165, 1.54) is 16.8 Å². The fraction of sp³-hybridized carbons (Fsp3) is 0.304. The molecule has 5 heteroatoms. The van der Waals surface area contributed by atoms with Crippen LogP contribution in [0.1, 0.15) is 60.1 Å². The van der Waals surface area contributed by atoms with Crippen LogP contribution in [0.2, 0.25) is 0 Å². The lowest BCUT2D eigenvalue weighted by Crippen LogP contribution is -2.29. The van der Waals surface area contributed by atoms with E-state index in [4.69, 9.17) is 12.2 Å². The van der Waals surface area contributed by atoms with Crippen LogP contribution in [0.15, 0.2) is 54.7 Å². The molecule has 1 aromatic carbocycles. The number of aryl methyl sites for hydroxylation is 2. The maximum absolute atomic E-state index is 5.79. The first-order chi connectivity index (χ1) is 13.5. The summed E-state index contributed by atoms with van der Waals surface area (Å²) in [6, 6.07) is 17.0. The van der Waals surface area contributed by atoms with Gasteiger partial charge in [0, 0.05) is 23.3 Å². The van der Waals surface area contributed by atoms with Crippen LogP contribution < -0.4 is 10.2 Å². The number of nitrogens with zero attached hydrogens (tertiary/aromatic N) is 2. The van der Waals surface area contributed by atoms with Crippen LogP contribution in [0.3, 0.4) is 0 Å². The molecule has 0 aliphatic carbocycles.